The van der Waals surface area contributed by atoms with E-state index in [2.05, 4.69) is 6.58 Å². The summed E-state index contributed by atoms with van der Waals surface area (Å²) in [5.74, 6) is -4.48. The molecule has 21 heavy (non-hydrogen) atoms. The number of hydrogen-bond donors (Lipinski definition) is 3. The molecule has 0 spiro atoms. The zero-order valence-electron chi connectivity index (χ0n) is 11.7. The van der Waals surface area contributed by atoms with Crippen LogP contribution in [-0.2, 0) is 18.9 Å². The van der Waals surface area contributed by atoms with E-state index in [1.165, 1.54) is 6.08 Å². The molecule has 1 aliphatic heterocycles. The van der Waals surface area contributed by atoms with Crippen molar-refractivity contribution in [2.45, 2.75) is 43.6 Å². The largest absolute Gasteiger partial charge is 0.481 e. The van der Waals surface area contributed by atoms with Gasteiger partial charge in [0.15, 0.2) is 0 Å². The van der Waals surface area contributed by atoms with Crippen molar-refractivity contribution in [3.63, 3.8) is 0 Å². The number of carbonyl (C=O) groups is 2. The molecule has 8 heteroatoms. The quantitative estimate of drug-likeness (QED) is 0.438. The predicted molar refractivity (Wildman–Crippen MR) is 75.4 cm³/mol. The van der Waals surface area contributed by atoms with Crippen LogP contribution < -0.4 is 0 Å². The smallest absolute Gasteiger partial charge is 0.307 e. The topological polar surface area (TPSA) is 121 Å². The minimum atomic E-state index is -3.90. The van der Waals surface area contributed by atoms with Gasteiger partial charge in [-0.1, -0.05) is 6.08 Å². The Bertz CT molecular complexity index is 442. The van der Waals surface area contributed by atoms with Crippen molar-refractivity contribution in [1.82, 2.24) is 0 Å². The molecule has 0 amide bonds. The number of rotatable bonds is 9. The van der Waals surface area contributed by atoms with Crippen molar-refractivity contribution >= 4 is 19.3 Å². The molecule has 0 saturated carbocycles. The molecular formula is C13H21O7P. The zero-order valence-corrected chi connectivity index (χ0v) is 12.6. The first-order valence-electron chi connectivity index (χ1n) is 6.80. The Labute approximate surface area is 123 Å². The molecule has 4 unspecified atom stereocenters. The Hall–Kier alpha value is -1.17. The molecule has 1 rings (SSSR count). The van der Waals surface area contributed by atoms with E-state index in [-0.39, 0.29) is 19.3 Å². The number of aliphatic carboxylic acids is 2. The Morgan fingerprint density at radius 2 is 2.10 bits per heavy atom. The van der Waals surface area contributed by atoms with Crippen LogP contribution in [0.1, 0.15) is 32.1 Å². The molecule has 0 bridgehead atoms. The maximum atomic E-state index is 12.7. The fourth-order valence-electron chi connectivity index (χ4n) is 2.57. The summed E-state index contributed by atoms with van der Waals surface area (Å²) >= 11 is 0. The van der Waals surface area contributed by atoms with E-state index in [0.29, 0.717) is 19.4 Å². The summed E-state index contributed by atoms with van der Waals surface area (Å²) < 4.78 is 17.9. The molecule has 7 nitrogen and oxygen atoms in total. The molecule has 1 saturated heterocycles. The fourth-order valence-corrected chi connectivity index (χ4v) is 5.11. The van der Waals surface area contributed by atoms with E-state index in [9.17, 15) is 24.2 Å². The lowest BCUT2D eigenvalue weighted by Gasteiger charge is -2.30. The summed E-state index contributed by atoms with van der Waals surface area (Å²) in [7, 11) is -3.90. The van der Waals surface area contributed by atoms with E-state index in [1.54, 1.807) is 0 Å². The highest BCUT2D eigenvalue weighted by Gasteiger charge is 2.46. The van der Waals surface area contributed by atoms with Crippen LogP contribution in [0.15, 0.2) is 12.7 Å². The van der Waals surface area contributed by atoms with Crippen LogP contribution in [0.4, 0.5) is 0 Å². The van der Waals surface area contributed by atoms with Gasteiger partial charge in [0, 0.05) is 13.0 Å². The van der Waals surface area contributed by atoms with E-state index < -0.39 is 36.7 Å². The van der Waals surface area contributed by atoms with E-state index in [4.69, 9.17) is 9.84 Å². The lowest BCUT2D eigenvalue weighted by Crippen LogP contribution is -2.32. The molecular weight excluding hydrogens is 299 g/mol. The third-order valence-electron chi connectivity index (χ3n) is 3.65. The molecule has 1 fully saturated rings. The Morgan fingerprint density at radius 1 is 1.43 bits per heavy atom. The first-order chi connectivity index (χ1) is 9.80. The number of ether oxygens (including phenoxy) is 1. The second-order valence-electron chi connectivity index (χ2n) is 5.11. The molecule has 3 N–H and O–H groups in total. The monoisotopic (exact) mass is 320 g/mol. The Balaban J connectivity index is 2.99. The summed E-state index contributed by atoms with van der Waals surface area (Å²) in [6.45, 7) is 3.87. The van der Waals surface area contributed by atoms with Crippen LogP contribution in [0.3, 0.4) is 0 Å². The van der Waals surface area contributed by atoms with Gasteiger partial charge in [-0.2, -0.15) is 0 Å². The van der Waals surface area contributed by atoms with E-state index in [1.807, 2.05) is 0 Å². The van der Waals surface area contributed by atoms with Crippen LogP contribution in [0.2, 0.25) is 0 Å². The summed E-state index contributed by atoms with van der Waals surface area (Å²) in [5.41, 5.74) is -1.07. The second kappa shape index (κ2) is 7.73. The lowest BCUT2D eigenvalue weighted by molar-refractivity contribution is -0.143. The highest BCUT2D eigenvalue weighted by molar-refractivity contribution is 7.59. The zero-order chi connectivity index (χ0) is 16.0. The van der Waals surface area contributed by atoms with Gasteiger partial charge < -0.3 is 19.8 Å². The standard InChI is InChI=1S/C13H21O7P/c1-2-4-10(9(13(16)17)6-7-11(14)15)21(18,19)12-5-3-8-20-12/h2,9-10,12H,1,3-8H2,(H,14,15)(H,16,17)(H,18,19). The van der Waals surface area contributed by atoms with Crippen molar-refractivity contribution < 1.29 is 34.0 Å². The van der Waals surface area contributed by atoms with Crippen LogP contribution >= 0.6 is 7.37 Å². The van der Waals surface area contributed by atoms with Gasteiger partial charge >= 0.3 is 11.9 Å². The fraction of sp³-hybridized carbons (Fsp3) is 0.692. The maximum Gasteiger partial charge on any atom is 0.307 e. The van der Waals surface area contributed by atoms with Crippen LogP contribution in [-0.4, -0.2) is 45.2 Å². The third-order valence-corrected chi connectivity index (χ3v) is 6.41. The molecule has 120 valence electrons. The first-order valence-corrected chi connectivity index (χ1v) is 8.59. The van der Waals surface area contributed by atoms with E-state index in [0.717, 1.165) is 0 Å². The average Bonchev–Trinajstić information content (AvgIpc) is 2.91. The van der Waals surface area contributed by atoms with Gasteiger partial charge in [-0.25, -0.2) is 0 Å². The van der Waals surface area contributed by atoms with Crippen molar-refractivity contribution in [3.05, 3.63) is 12.7 Å². The molecule has 0 aromatic heterocycles. The van der Waals surface area contributed by atoms with Gasteiger partial charge in [-0.15, -0.1) is 6.58 Å². The summed E-state index contributed by atoms with van der Waals surface area (Å²) in [6.07, 6.45) is 1.93. The average molecular weight is 320 g/mol. The molecule has 1 aliphatic rings. The number of hydrogen-bond acceptors (Lipinski definition) is 4. The molecule has 0 aromatic carbocycles. The highest BCUT2D eigenvalue weighted by Crippen LogP contribution is 2.58. The first kappa shape index (κ1) is 17.9. The molecule has 0 aromatic rings. The Kier molecular flexibility index (Phi) is 6.58. The van der Waals surface area contributed by atoms with Crippen molar-refractivity contribution in [2.24, 2.45) is 5.92 Å². The minimum absolute atomic E-state index is 0.0320. The molecule has 0 aliphatic carbocycles. The van der Waals surface area contributed by atoms with Gasteiger partial charge in [0.1, 0.15) is 5.85 Å². The number of carboxylic acids is 2. The van der Waals surface area contributed by atoms with Gasteiger partial charge in [0.2, 0.25) is 7.37 Å². The molecule has 1 heterocycles. The van der Waals surface area contributed by atoms with Crippen LogP contribution in [0.25, 0.3) is 0 Å². The number of carboxylic acid groups (broad SMARTS) is 2. The van der Waals surface area contributed by atoms with E-state index >= 15 is 0 Å². The van der Waals surface area contributed by atoms with Gasteiger partial charge in [0.05, 0.1) is 11.6 Å². The normalized spacial score (nSPS) is 24.0. The van der Waals surface area contributed by atoms with Crippen molar-refractivity contribution in [1.29, 1.82) is 0 Å². The minimum Gasteiger partial charge on any atom is -0.481 e. The SMILES string of the molecule is C=CCC(C(CCC(=O)O)C(=O)O)P(=O)(O)C1CCCO1. The predicted octanol–water partition coefficient (Wildman–Crippen LogP) is 1.90. The second-order valence-corrected chi connectivity index (χ2v) is 7.69. The maximum absolute atomic E-state index is 12.7. The lowest BCUT2D eigenvalue weighted by atomic mass is 9.97. The summed E-state index contributed by atoms with van der Waals surface area (Å²) in [5, 5.41) is 18.0. The summed E-state index contributed by atoms with van der Waals surface area (Å²) in [6, 6.07) is 0. The van der Waals surface area contributed by atoms with Crippen molar-refractivity contribution in [2.75, 3.05) is 6.61 Å². The van der Waals surface area contributed by atoms with Gasteiger partial charge in [0.25, 0.3) is 0 Å². The molecule has 0 radical (unpaired) electrons. The van der Waals surface area contributed by atoms with Crippen molar-refractivity contribution in [3.8, 4) is 0 Å². The highest BCUT2D eigenvalue weighted by atomic mass is 31.2. The van der Waals surface area contributed by atoms with Gasteiger partial charge in [-0.05, 0) is 25.7 Å². The third kappa shape index (κ3) is 4.66. The number of allylic oxidation sites excluding steroid dienone is 1. The Morgan fingerprint density at radius 3 is 2.52 bits per heavy atom. The van der Waals surface area contributed by atoms with Crippen LogP contribution in [0.5, 0.6) is 0 Å². The molecule has 4 atom stereocenters. The van der Waals surface area contributed by atoms with Crippen LogP contribution in [0, 0.1) is 5.92 Å². The summed E-state index contributed by atoms with van der Waals surface area (Å²) in [4.78, 5) is 32.4. The van der Waals surface area contributed by atoms with Gasteiger partial charge in [-0.3, -0.25) is 14.2 Å².